The Balaban J connectivity index is 1.47. The molecule has 1 aliphatic carbocycles. The first-order chi connectivity index (χ1) is 10.2. The molecule has 4 rings (SSSR count). The Bertz CT molecular complexity index is 657. The molecule has 0 unspecified atom stereocenters. The van der Waals surface area contributed by atoms with Gasteiger partial charge < -0.3 is 4.90 Å². The second kappa shape index (κ2) is 4.38. The van der Waals surface area contributed by atoms with Gasteiger partial charge in [-0.05, 0) is 30.5 Å². The van der Waals surface area contributed by atoms with Gasteiger partial charge in [0.25, 0.3) is 0 Å². The zero-order valence-electron chi connectivity index (χ0n) is 11.4. The van der Waals surface area contributed by atoms with Crippen molar-refractivity contribution in [2.75, 3.05) is 13.1 Å². The highest BCUT2D eigenvalue weighted by Gasteiger charge is 2.54. The molecular formula is C15H15FN4O. The number of rotatable bonds is 3. The lowest BCUT2D eigenvalue weighted by Crippen LogP contribution is -2.54. The fourth-order valence-electron chi connectivity index (χ4n) is 3.00. The predicted octanol–water partition coefficient (Wildman–Crippen LogP) is 1.53. The van der Waals surface area contributed by atoms with Gasteiger partial charge in [-0.2, -0.15) is 15.0 Å². The van der Waals surface area contributed by atoms with E-state index in [4.69, 9.17) is 0 Å². The second-order valence-electron chi connectivity index (χ2n) is 5.80. The van der Waals surface area contributed by atoms with Gasteiger partial charge >= 0.3 is 0 Å². The molecule has 0 N–H and O–H groups in total. The molecule has 108 valence electrons. The van der Waals surface area contributed by atoms with Crippen LogP contribution >= 0.6 is 0 Å². The Morgan fingerprint density at radius 1 is 1.14 bits per heavy atom. The number of halogens is 1. The summed E-state index contributed by atoms with van der Waals surface area (Å²) in [4.78, 5) is 16.2. The maximum atomic E-state index is 13.0. The first kappa shape index (κ1) is 12.5. The molecule has 1 amide bonds. The average molecular weight is 286 g/mol. The number of carbonyl (C=O) groups is 1. The van der Waals surface area contributed by atoms with Crippen molar-refractivity contribution in [2.45, 2.75) is 24.3 Å². The number of likely N-dealkylation sites (tertiary alicyclic amines) is 1. The fraction of sp³-hybridized carbons (Fsp3) is 0.400. The molecule has 1 aromatic carbocycles. The largest absolute Gasteiger partial charge is 0.337 e. The number of hydrogen-bond acceptors (Lipinski definition) is 3. The molecule has 0 radical (unpaired) electrons. The van der Waals surface area contributed by atoms with Gasteiger partial charge in [-0.25, -0.2) is 4.39 Å². The molecule has 1 aromatic heterocycles. The van der Waals surface area contributed by atoms with E-state index >= 15 is 0 Å². The Morgan fingerprint density at radius 2 is 1.76 bits per heavy atom. The van der Waals surface area contributed by atoms with Crippen molar-refractivity contribution in [1.29, 1.82) is 0 Å². The van der Waals surface area contributed by atoms with Crippen LogP contribution in [0.5, 0.6) is 0 Å². The van der Waals surface area contributed by atoms with Crippen LogP contribution in [0.15, 0.2) is 36.7 Å². The lowest BCUT2D eigenvalue weighted by molar-refractivity contribution is -0.140. The zero-order chi connectivity index (χ0) is 14.4. The molecule has 0 atom stereocenters. The summed E-state index contributed by atoms with van der Waals surface area (Å²) in [7, 11) is 0. The van der Waals surface area contributed by atoms with Gasteiger partial charge in [-0.1, -0.05) is 12.1 Å². The van der Waals surface area contributed by atoms with Gasteiger partial charge in [-0.15, -0.1) is 0 Å². The molecular weight excluding hydrogens is 271 g/mol. The lowest BCUT2D eigenvalue weighted by Gasteiger charge is -2.40. The standard InChI is InChI=1S/C15H15FN4O/c16-12-3-1-11(2-4-12)15(5-6-15)14(21)19-9-13(10-19)20-17-7-8-18-20/h1-4,7-8,13H,5-6,9-10H2. The number of aromatic nitrogens is 3. The minimum atomic E-state index is -0.420. The van der Waals surface area contributed by atoms with E-state index in [1.165, 1.54) is 12.1 Å². The average Bonchev–Trinajstić information content (AvgIpc) is 3.08. The molecule has 1 saturated heterocycles. The summed E-state index contributed by atoms with van der Waals surface area (Å²) in [6.07, 6.45) is 4.98. The van der Waals surface area contributed by atoms with E-state index in [1.807, 2.05) is 4.90 Å². The first-order valence-corrected chi connectivity index (χ1v) is 7.10. The van der Waals surface area contributed by atoms with Crippen molar-refractivity contribution in [1.82, 2.24) is 19.9 Å². The number of amides is 1. The number of carbonyl (C=O) groups excluding carboxylic acids is 1. The minimum absolute atomic E-state index is 0.150. The van der Waals surface area contributed by atoms with Crippen LogP contribution in [0.4, 0.5) is 4.39 Å². The third-order valence-electron chi connectivity index (χ3n) is 4.47. The van der Waals surface area contributed by atoms with E-state index < -0.39 is 5.41 Å². The molecule has 5 nitrogen and oxygen atoms in total. The maximum Gasteiger partial charge on any atom is 0.233 e. The van der Waals surface area contributed by atoms with Crippen LogP contribution < -0.4 is 0 Å². The highest BCUT2D eigenvalue weighted by molar-refractivity contribution is 5.91. The van der Waals surface area contributed by atoms with Crippen LogP contribution in [0.1, 0.15) is 24.4 Å². The predicted molar refractivity (Wildman–Crippen MR) is 73.0 cm³/mol. The van der Waals surface area contributed by atoms with Crippen molar-refractivity contribution in [2.24, 2.45) is 0 Å². The molecule has 21 heavy (non-hydrogen) atoms. The number of benzene rings is 1. The van der Waals surface area contributed by atoms with E-state index in [1.54, 1.807) is 29.3 Å². The highest BCUT2D eigenvalue weighted by Crippen LogP contribution is 2.50. The van der Waals surface area contributed by atoms with Crippen LogP contribution in [0, 0.1) is 5.82 Å². The van der Waals surface area contributed by atoms with Crippen LogP contribution in [-0.4, -0.2) is 38.9 Å². The third-order valence-corrected chi connectivity index (χ3v) is 4.47. The molecule has 0 bridgehead atoms. The van der Waals surface area contributed by atoms with Gasteiger partial charge in [0.05, 0.1) is 17.8 Å². The van der Waals surface area contributed by atoms with Gasteiger partial charge in [-0.3, -0.25) is 4.79 Å². The monoisotopic (exact) mass is 286 g/mol. The maximum absolute atomic E-state index is 13.0. The Morgan fingerprint density at radius 3 is 2.33 bits per heavy atom. The molecule has 6 heteroatoms. The minimum Gasteiger partial charge on any atom is -0.337 e. The van der Waals surface area contributed by atoms with Crippen LogP contribution in [-0.2, 0) is 10.2 Å². The summed E-state index contributed by atoms with van der Waals surface area (Å²) in [6.45, 7) is 1.30. The molecule has 1 aliphatic heterocycles. The molecule has 2 heterocycles. The SMILES string of the molecule is O=C(N1CC(n2nccn2)C1)C1(c2ccc(F)cc2)CC1. The van der Waals surface area contributed by atoms with Crippen molar-refractivity contribution >= 4 is 5.91 Å². The molecule has 2 aliphatic rings. The van der Waals surface area contributed by atoms with E-state index in [-0.39, 0.29) is 17.8 Å². The highest BCUT2D eigenvalue weighted by atomic mass is 19.1. The first-order valence-electron chi connectivity index (χ1n) is 7.10. The van der Waals surface area contributed by atoms with Gasteiger partial charge in [0.1, 0.15) is 11.9 Å². The fourth-order valence-corrected chi connectivity index (χ4v) is 3.00. The summed E-state index contributed by atoms with van der Waals surface area (Å²) >= 11 is 0. The van der Waals surface area contributed by atoms with Crippen molar-refractivity contribution in [3.8, 4) is 0 Å². The molecule has 1 saturated carbocycles. The smallest absolute Gasteiger partial charge is 0.233 e. The van der Waals surface area contributed by atoms with E-state index in [0.29, 0.717) is 13.1 Å². The summed E-state index contributed by atoms with van der Waals surface area (Å²) in [5.41, 5.74) is 0.505. The van der Waals surface area contributed by atoms with Gasteiger partial charge in [0.2, 0.25) is 5.91 Å². The van der Waals surface area contributed by atoms with E-state index in [9.17, 15) is 9.18 Å². The summed E-state index contributed by atoms with van der Waals surface area (Å²) in [5.74, 6) is -0.117. The molecule has 2 aromatic rings. The third kappa shape index (κ3) is 1.93. The Labute approximate surface area is 121 Å². The number of hydrogen-bond donors (Lipinski definition) is 0. The van der Waals surface area contributed by atoms with Crippen LogP contribution in [0.2, 0.25) is 0 Å². The second-order valence-corrected chi connectivity index (χ2v) is 5.80. The summed E-state index contributed by atoms with van der Waals surface area (Å²) in [5, 5.41) is 8.21. The van der Waals surface area contributed by atoms with E-state index in [2.05, 4.69) is 10.2 Å². The topological polar surface area (TPSA) is 51.0 Å². The van der Waals surface area contributed by atoms with Crippen LogP contribution in [0.3, 0.4) is 0 Å². The molecule has 0 spiro atoms. The molecule has 2 fully saturated rings. The van der Waals surface area contributed by atoms with E-state index in [0.717, 1.165) is 18.4 Å². The van der Waals surface area contributed by atoms with Gasteiger partial charge in [0.15, 0.2) is 0 Å². The van der Waals surface area contributed by atoms with Crippen molar-refractivity contribution in [3.63, 3.8) is 0 Å². The Kier molecular flexibility index (Phi) is 2.60. The lowest BCUT2D eigenvalue weighted by atomic mass is 9.92. The summed E-state index contributed by atoms with van der Waals surface area (Å²) < 4.78 is 13.0. The zero-order valence-corrected chi connectivity index (χ0v) is 11.4. The normalized spacial score (nSPS) is 20.1. The van der Waals surface area contributed by atoms with Crippen LogP contribution in [0.25, 0.3) is 0 Å². The quantitative estimate of drug-likeness (QED) is 0.860. The summed E-state index contributed by atoms with van der Waals surface area (Å²) in [6, 6.07) is 6.48. The van der Waals surface area contributed by atoms with Gasteiger partial charge in [0, 0.05) is 13.1 Å². The Hall–Kier alpha value is -2.24. The number of nitrogens with zero attached hydrogens (tertiary/aromatic N) is 4. The van der Waals surface area contributed by atoms with Crippen molar-refractivity contribution in [3.05, 3.63) is 48.0 Å². The van der Waals surface area contributed by atoms with Crippen molar-refractivity contribution < 1.29 is 9.18 Å².